The summed E-state index contributed by atoms with van der Waals surface area (Å²) in [7, 11) is 2.89. The molecule has 1 fully saturated rings. The molecule has 0 saturated heterocycles. The molecule has 3 aliphatic rings. The standard InChI is InChI=1S/C30H31N3O9/c1-12-15-10-9-14(11-32-29(41)13-7-5-4-6-8-13)22(34)17(15)23(35)18-16(12)24(36)20-21(33(2)3)25(37)19(28(31)40)27(39)30(20,42)26(18)38/h4-10,12,16,20-21,24,34-36,39,42H,11H2,1-3H3,(H2,31,40)(H,32,41)/t12-,16+,20+,21-,24-,30-/m1/s1. The van der Waals surface area contributed by atoms with Gasteiger partial charge in [0, 0.05) is 29.2 Å². The van der Waals surface area contributed by atoms with Crippen LogP contribution >= 0.6 is 0 Å². The number of hydrogen-bond acceptors (Lipinski definition) is 10. The fourth-order valence-corrected chi connectivity index (χ4v) is 6.67. The number of amides is 2. The first-order chi connectivity index (χ1) is 19.7. The zero-order valence-corrected chi connectivity index (χ0v) is 23.0. The van der Waals surface area contributed by atoms with Crippen LogP contribution in [0.2, 0.25) is 0 Å². The number of ketones is 2. The van der Waals surface area contributed by atoms with Crippen molar-refractivity contribution in [1.82, 2.24) is 10.2 Å². The first-order valence-electron chi connectivity index (χ1n) is 13.3. The van der Waals surface area contributed by atoms with Gasteiger partial charge in [-0.05, 0) is 37.7 Å². The molecule has 1 saturated carbocycles. The summed E-state index contributed by atoms with van der Waals surface area (Å²) in [6, 6.07) is 10.1. The zero-order chi connectivity index (χ0) is 30.8. The van der Waals surface area contributed by atoms with E-state index < -0.39 is 87.3 Å². The molecule has 5 rings (SSSR count). The Morgan fingerprint density at radius 1 is 1.05 bits per heavy atom. The molecule has 2 amide bonds. The van der Waals surface area contributed by atoms with Crippen LogP contribution in [0.3, 0.4) is 0 Å². The van der Waals surface area contributed by atoms with Gasteiger partial charge in [-0.3, -0.25) is 24.1 Å². The third-order valence-corrected chi connectivity index (χ3v) is 8.69. The SMILES string of the molecule is C[C@@H]1c2ccc(CNC(=O)c3ccccc3)c(O)c2C(O)=C2C(=O)[C@@]3(O)C(O)=C(C(N)=O)C(=O)[C@H](N(C)C)[C@H]3[C@H](O)[C@H]21. The molecule has 42 heavy (non-hydrogen) atoms. The minimum absolute atomic E-state index is 0.131. The first-order valence-corrected chi connectivity index (χ1v) is 13.3. The van der Waals surface area contributed by atoms with Gasteiger partial charge < -0.3 is 36.6 Å². The van der Waals surface area contributed by atoms with Gasteiger partial charge in [0.25, 0.3) is 11.8 Å². The Labute approximate surface area is 240 Å². The van der Waals surface area contributed by atoms with E-state index in [0.717, 1.165) is 0 Å². The number of hydrogen-bond donors (Lipinski definition) is 7. The number of rotatable bonds is 5. The van der Waals surface area contributed by atoms with Crippen molar-refractivity contribution in [2.75, 3.05) is 14.1 Å². The monoisotopic (exact) mass is 577 g/mol. The summed E-state index contributed by atoms with van der Waals surface area (Å²) >= 11 is 0. The van der Waals surface area contributed by atoms with Crippen LogP contribution < -0.4 is 11.1 Å². The topological polar surface area (TPSA) is 211 Å². The van der Waals surface area contributed by atoms with E-state index in [1.165, 1.54) is 19.0 Å². The van der Waals surface area contributed by atoms with E-state index in [4.69, 9.17) is 5.73 Å². The molecular formula is C30H31N3O9. The number of phenols is 1. The summed E-state index contributed by atoms with van der Waals surface area (Å²) in [5.74, 6) is -9.97. The predicted molar refractivity (Wildman–Crippen MR) is 148 cm³/mol. The number of benzene rings is 2. The van der Waals surface area contributed by atoms with Crippen molar-refractivity contribution < 1.29 is 44.7 Å². The summed E-state index contributed by atoms with van der Waals surface area (Å²) < 4.78 is 0. The summed E-state index contributed by atoms with van der Waals surface area (Å²) in [6.07, 6.45) is -1.67. The maximum Gasteiger partial charge on any atom is 0.255 e. The van der Waals surface area contributed by atoms with E-state index in [9.17, 15) is 44.7 Å². The van der Waals surface area contributed by atoms with Gasteiger partial charge in [0.1, 0.15) is 22.8 Å². The molecule has 3 aliphatic carbocycles. The van der Waals surface area contributed by atoms with Crippen LogP contribution in [0.15, 0.2) is 59.4 Å². The molecule has 6 atom stereocenters. The van der Waals surface area contributed by atoms with Crippen molar-refractivity contribution in [3.8, 4) is 5.75 Å². The first kappa shape index (κ1) is 29.0. The molecule has 0 bridgehead atoms. The number of aliphatic hydroxyl groups is 4. The lowest BCUT2D eigenvalue weighted by molar-refractivity contribution is -0.169. The summed E-state index contributed by atoms with van der Waals surface area (Å²) in [5, 5.41) is 59.7. The normalized spacial score (nSPS) is 28.8. The quantitative estimate of drug-likeness (QED) is 0.244. The molecule has 0 spiro atoms. The van der Waals surface area contributed by atoms with Gasteiger partial charge in [-0.15, -0.1) is 0 Å². The molecule has 12 heteroatoms. The molecule has 0 radical (unpaired) electrons. The van der Waals surface area contributed by atoms with Gasteiger partial charge in [-0.2, -0.15) is 0 Å². The number of carbonyl (C=O) groups is 4. The second-order valence-corrected chi connectivity index (χ2v) is 11.1. The van der Waals surface area contributed by atoms with Crippen molar-refractivity contribution in [3.05, 3.63) is 81.6 Å². The highest BCUT2D eigenvalue weighted by molar-refractivity contribution is 6.24. The lowest BCUT2D eigenvalue weighted by atomic mass is 9.54. The number of likely N-dealkylation sites (N-methyl/N-ethyl adjacent to an activating group) is 1. The molecule has 0 aliphatic heterocycles. The van der Waals surface area contributed by atoms with E-state index in [0.29, 0.717) is 11.1 Å². The predicted octanol–water partition coefficient (Wildman–Crippen LogP) is 0.426. The Hall–Kier alpha value is -4.52. The highest BCUT2D eigenvalue weighted by Gasteiger charge is 2.68. The van der Waals surface area contributed by atoms with Crippen LogP contribution in [0.5, 0.6) is 5.75 Å². The average molecular weight is 578 g/mol. The molecule has 0 unspecified atom stereocenters. The van der Waals surface area contributed by atoms with E-state index in [2.05, 4.69) is 5.32 Å². The Kier molecular flexibility index (Phi) is 6.96. The number of aromatic hydroxyl groups is 1. The van der Waals surface area contributed by atoms with Gasteiger partial charge in [-0.1, -0.05) is 37.3 Å². The van der Waals surface area contributed by atoms with Gasteiger partial charge in [0.15, 0.2) is 11.4 Å². The Morgan fingerprint density at radius 3 is 2.29 bits per heavy atom. The minimum atomic E-state index is -2.99. The fourth-order valence-electron chi connectivity index (χ4n) is 6.67. The number of fused-ring (bicyclic) bond motifs is 3. The van der Waals surface area contributed by atoms with Crippen molar-refractivity contribution in [1.29, 1.82) is 0 Å². The molecule has 12 nitrogen and oxygen atoms in total. The summed E-state index contributed by atoms with van der Waals surface area (Å²) in [5.41, 5.74) is 1.73. The zero-order valence-electron chi connectivity index (χ0n) is 23.0. The van der Waals surface area contributed by atoms with Crippen LogP contribution in [0.25, 0.3) is 5.76 Å². The number of aliphatic hydroxyl groups excluding tert-OH is 3. The van der Waals surface area contributed by atoms with Crippen LogP contribution in [-0.2, 0) is 20.9 Å². The Balaban J connectivity index is 1.63. The maximum atomic E-state index is 14.1. The summed E-state index contributed by atoms with van der Waals surface area (Å²) in [6.45, 7) is 1.51. The van der Waals surface area contributed by atoms with E-state index in [1.54, 1.807) is 49.4 Å². The fraction of sp³-hybridized carbons (Fsp3) is 0.333. The highest BCUT2D eigenvalue weighted by atomic mass is 16.4. The Bertz CT molecular complexity index is 1600. The van der Waals surface area contributed by atoms with Crippen molar-refractivity contribution in [2.24, 2.45) is 17.6 Å². The average Bonchev–Trinajstić information content (AvgIpc) is 2.94. The number of nitrogens with one attached hydrogen (secondary N) is 1. The van der Waals surface area contributed by atoms with Crippen molar-refractivity contribution in [3.63, 3.8) is 0 Å². The molecule has 2 aromatic carbocycles. The largest absolute Gasteiger partial charge is 0.508 e. The highest BCUT2D eigenvalue weighted by Crippen LogP contribution is 2.56. The molecule has 0 aromatic heterocycles. The number of phenolic OH excluding ortho intramolecular Hbond substituents is 1. The van der Waals surface area contributed by atoms with E-state index >= 15 is 0 Å². The number of primary amides is 1. The lowest BCUT2D eigenvalue weighted by Gasteiger charge is -2.53. The number of nitrogens with two attached hydrogens (primary N) is 1. The van der Waals surface area contributed by atoms with E-state index in [1.807, 2.05) is 0 Å². The summed E-state index contributed by atoms with van der Waals surface area (Å²) in [4.78, 5) is 53.3. The van der Waals surface area contributed by atoms with Crippen LogP contribution in [0.4, 0.5) is 0 Å². The molecular weight excluding hydrogens is 546 g/mol. The second-order valence-electron chi connectivity index (χ2n) is 11.1. The minimum Gasteiger partial charge on any atom is -0.508 e. The van der Waals surface area contributed by atoms with Crippen molar-refractivity contribution in [2.45, 2.75) is 37.1 Å². The maximum absolute atomic E-state index is 14.1. The molecule has 2 aromatic rings. The van der Waals surface area contributed by atoms with Crippen LogP contribution in [-0.4, -0.2) is 85.7 Å². The smallest absolute Gasteiger partial charge is 0.255 e. The molecule has 8 N–H and O–H groups in total. The van der Waals surface area contributed by atoms with Gasteiger partial charge >= 0.3 is 0 Å². The third kappa shape index (κ3) is 3.94. The number of nitrogens with zero attached hydrogens (tertiary/aromatic N) is 1. The van der Waals surface area contributed by atoms with Gasteiger partial charge in [0.05, 0.1) is 23.6 Å². The van der Waals surface area contributed by atoms with Crippen LogP contribution in [0, 0.1) is 11.8 Å². The third-order valence-electron chi connectivity index (χ3n) is 8.69. The lowest BCUT2D eigenvalue weighted by Crippen LogP contribution is -2.70. The van der Waals surface area contributed by atoms with Gasteiger partial charge in [-0.25, -0.2) is 0 Å². The second kappa shape index (κ2) is 10.1. The van der Waals surface area contributed by atoms with Crippen molar-refractivity contribution >= 4 is 29.1 Å². The van der Waals surface area contributed by atoms with E-state index in [-0.39, 0.29) is 17.7 Å². The number of Topliss-reactive ketones (excluding diaryl/α,β-unsaturated/α-hetero) is 2. The molecule has 0 heterocycles. The Morgan fingerprint density at radius 2 is 1.69 bits per heavy atom. The molecule has 220 valence electrons. The number of carbonyl (C=O) groups excluding carboxylic acids is 4. The van der Waals surface area contributed by atoms with Crippen LogP contribution in [0.1, 0.15) is 39.9 Å². The van der Waals surface area contributed by atoms with Gasteiger partial charge in [0.2, 0.25) is 5.78 Å².